The quantitative estimate of drug-likeness (QED) is 0.854. The van der Waals surface area contributed by atoms with Gasteiger partial charge in [0.1, 0.15) is 11.1 Å². The van der Waals surface area contributed by atoms with Crippen molar-refractivity contribution in [2.24, 2.45) is 0 Å². The number of hydrogen-bond acceptors (Lipinski definition) is 6. The molecule has 0 unspecified atom stereocenters. The Labute approximate surface area is 115 Å². The van der Waals surface area contributed by atoms with E-state index in [0.29, 0.717) is 17.3 Å². The van der Waals surface area contributed by atoms with E-state index in [4.69, 9.17) is 23.4 Å². The molecule has 0 aliphatic heterocycles. The first kappa shape index (κ1) is 14.0. The van der Waals surface area contributed by atoms with E-state index < -0.39 is 0 Å². The third-order valence-corrected chi connectivity index (χ3v) is 2.94. The van der Waals surface area contributed by atoms with Crippen LogP contribution in [0.3, 0.4) is 0 Å². The van der Waals surface area contributed by atoms with Gasteiger partial charge in [-0.1, -0.05) is 0 Å². The number of rotatable bonds is 4. The second kappa shape index (κ2) is 5.32. The van der Waals surface area contributed by atoms with Crippen LogP contribution in [0.4, 0.5) is 0 Å². The lowest BCUT2D eigenvalue weighted by Crippen LogP contribution is -2.07. The summed E-state index contributed by atoms with van der Waals surface area (Å²) < 4.78 is 26.8. The molecule has 0 fully saturated rings. The fourth-order valence-electron chi connectivity index (χ4n) is 2.16. The SMILES string of the molecule is COc1c(OC)c(OC)c2c(=O)cc(C)oc2c1OC. The maximum atomic E-state index is 12.2. The van der Waals surface area contributed by atoms with Gasteiger partial charge < -0.3 is 23.4 Å². The molecule has 0 aliphatic carbocycles. The standard InChI is InChI=1S/C14H16O6/c1-7-6-8(15)9-10(16-2)12(17-3)14(19-5)13(18-4)11(9)20-7/h6H,1-5H3. The van der Waals surface area contributed by atoms with Gasteiger partial charge in [0.05, 0.1) is 28.4 Å². The van der Waals surface area contributed by atoms with Crippen LogP contribution in [0.15, 0.2) is 15.3 Å². The number of benzene rings is 1. The predicted molar refractivity (Wildman–Crippen MR) is 73.4 cm³/mol. The van der Waals surface area contributed by atoms with E-state index >= 15 is 0 Å². The van der Waals surface area contributed by atoms with E-state index in [2.05, 4.69) is 0 Å². The molecule has 0 saturated carbocycles. The molecule has 1 heterocycles. The summed E-state index contributed by atoms with van der Waals surface area (Å²) in [5, 5.41) is 0.257. The van der Waals surface area contributed by atoms with Gasteiger partial charge in [0.2, 0.25) is 17.2 Å². The molecule has 2 rings (SSSR count). The number of aryl methyl sites for hydroxylation is 1. The molecule has 6 heteroatoms. The summed E-state index contributed by atoms with van der Waals surface area (Å²) in [5.41, 5.74) is 0.0341. The average Bonchev–Trinajstić information content (AvgIpc) is 2.44. The van der Waals surface area contributed by atoms with E-state index in [0.717, 1.165) is 0 Å². The van der Waals surface area contributed by atoms with Crippen LogP contribution in [0, 0.1) is 6.92 Å². The summed E-state index contributed by atoms with van der Waals surface area (Å²) in [6.45, 7) is 1.68. The van der Waals surface area contributed by atoms with Crippen LogP contribution < -0.4 is 24.4 Å². The second-order valence-corrected chi connectivity index (χ2v) is 4.06. The van der Waals surface area contributed by atoms with Gasteiger partial charge in [0.25, 0.3) is 0 Å². The minimum atomic E-state index is -0.236. The Balaban J connectivity index is 3.10. The van der Waals surface area contributed by atoms with Crippen LogP contribution in [-0.2, 0) is 0 Å². The van der Waals surface area contributed by atoms with E-state index in [9.17, 15) is 4.79 Å². The summed E-state index contributed by atoms with van der Waals surface area (Å²) >= 11 is 0. The first-order chi connectivity index (χ1) is 9.58. The smallest absolute Gasteiger partial charge is 0.211 e. The van der Waals surface area contributed by atoms with Crippen molar-refractivity contribution in [2.75, 3.05) is 28.4 Å². The van der Waals surface area contributed by atoms with Gasteiger partial charge in [-0.3, -0.25) is 4.79 Å². The third-order valence-electron chi connectivity index (χ3n) is 2.94. The molecule has 0 spiro atoms. The Morgan fingerprint density at radius 3 is 1.85 bits per heavy atom. The molecule has 0 amide bonds. The van der Waals surface area contributed by atoms with Crippen molar-refractivity contribution in [3.05, 3.63) is 22.0 Å². The number of methoxy groups -OCH3 is 4. The van der Waals surface area contributed by atoms with Crippen molar-refractivity contribution < 1.29 is 23.4 Å². The van der Waals surface area contributed by atoms with Gasteiger partial charge in [-0.05, 0) is 6.92 Å². The largest absolute Gasteiger partial charge is 0.492 e. The normalized spacial score (nSPS) is 10.4. The maximum absolute atomic E-state index is 12.2. The first-order valence-electron chi connectivity index (χ1n) is 5.89. The molecule has 1 aromatic carbocycles. The predicted octanol–water partition coefficient (Wildman–Crippen LogP) is 2.14. The van der Waals surface area contributed by atoms with Gasteiger partial charge in [0.15, 0.2) is 16.8 Å². The van der Waals surface area contributed by atoms with E-state index in [1.165, 1.54) is 34.5 Å². The number of hydrogen-bond donors (Lipinski definition) is 0. The summed E-state index contributed by atoms with van der Waals surface area (Å²) in [6, 6.07) is 1.39. The zero-order chi connectivity index (χ0) is 14.9. The molecular formula is C14H16O6. The summed E-state index contributed by atoms with van der Waals surface area (Å²) in [4.78, 5) is 12.2. The molecule has 108 valence electrons. The topological polar surface area (TPSA) is 67.1 Å². The molecule has 0 atom stereocenters. The molecule has 20 heavy (non-hydrogen) atoms. The van der Waals surface area contributed by atoms with Crippen molar-refractivity contribution >= 4 is 11.0 Å². The zero-order valence-electron chi connectivity index (χ0n) is 12.0. The maximum Gasteiger partial charge on any atom is 0.211 e. The second-order valence-electron chi connectivity index (χ2n) is 4.06. The van der Waals surface area contributed by atoms with E-state index in [1.54, 1.807) is 6.92 Å². The Morgan fingerprint density at radius 2 is 1.35 bits per heavy atom. The summed E-state index contributed by atoms with van der Waals surface area (Å²) in [6.07, 6.45) is 0. The molecular weight excluding hydrogens is 264 g/mol. The molecule has 0 aliphatic rings. The zero-order valence-corrected chi connectivity index (χ0v) is 12.0. The minimum Gasteiger partial charge on any atom is -0.492 e. The van der Waals surface area contributed by atoms with Crippen molar-refractivity contribution in [1.29, 1.82) is 0 Å². The van der Waals surface area contributed by atoms with Gasteiger partial charge in [0, 0.05) is 6.07 Å². The molecule has 2 aromatic rings. The van der Waals surface area contributed by atoms with Crippen LogP contribution in [0.1, 0.15) is 5.76 Å². The van der Waals surface area contributed by atoms with Crippen LogP contribution in [-0.4, -0.2) is 28.4 Å². The Bertz CT molecular complexity index is 701. The Kier molecular flexibility index (Phi) is 3.74. The van der Waals surface area contributed by atoms with E-state index in [-0.39, 0.29) is 27.9 Å². The van der Waals surface area contributed by atoms with Gasteiger partial charge in [-0.15, -0.1) is 0 Å². The van der Waals surface area contributed by atoms with Crippen molar-refractivity contribution in [3.63, 3.8) is 0 Å². The highest BCUT2D eigenvalue weighted by atomic mass is 16.5. The van der Waals surface area contributed by atoms with E-state index in [1.807, 2.05) is 0 Å². The average molecular weight is 280 g/mol. The van der Waals surface area contributed by atoms with Crippen molar-refractivity contribution in [1.82, 2.24) is 0 Å². The molecule has 6 nitrogen and oxygen atoms in total. The van der Waals surface area contributed by atoms with Gasteiger partial charge in [-0.25, -0.2) is 0 Å². The van der Waals surface area contributed by atoms with Crippen molar-refractivity contribution in [2.45, 2.75) is 6.92 Å². The van der Waals surface area contributed by atoms with Crippen LogP contribution in [0.5, 0.6) is 23.0 Å². The Hall–Kier alpha value is -2.37. The molecule has 0 bridgehead atoms. The molecule has 0 N–H and O–H groups in total. The van der Waals surface area contributed by atoms with Crippen LogP contribution in [0.2, 0.25) is 0 Å². The fourth-order valence-corrected chi connectivity index (χ4v) is 2.16. The lowest BCUT2D eigenvalue weighted by molar-refractivity contribution is 0.306. The van der Waals surface area contributed by atoms with Crippen LogP contribution >= 0.6 is 0 Å². The van der Waals surface area contributed by atoms with Crippen LogP contribution in [0.25, 0.3) is 11.0 Å². The van der Waals surface area contributed by atoms with Gasteiger partial charge >= 0.3 is 0 Å². The highest BCUT2D eigenvalue weighted by Crippen LogP contribution is 2.49. The highest BCUT2D eigenvalue weighted by Gasteiger charge is 2.26. The third kappa shape index (κ3) is 1.93. The summed E-state index contributed by atoms with van der Waals surface area (Å²) in [5.74, 6) is 1.62. The number of fused-ring (bicyclic) bond motifs is 1. The monoisotopic (exact) mass is 280 g/mol. The summed E-state index contributed by atoms with van der Waals surface area (Å²) in [7, 11) is 5.84. The van der Waals surface area contributed by atoms with Gasteiger partial charge in [-0.2, -0.15) is 0 Å². The highest BCUT2D eigenvalue weighted by molar-refractivity contribution is 5.94. The fraction of sp³-hybridized carbons (Fsp3) is 0.357. The lowest BCUT2D eigenvalue weighted by Gasteiger charge is -2.17. The van der Waals surface area contributed by atoms with Crippen molar-refractivity contribution in [3.8, 4) is 23.0 Å². The lowest BCUT2D eigenvalue weighted by atomic mass is 10.1. The molecule has 0 saturated heterocycles. The first-order valence-corrected chi connectivity index (χ1v) is 5.89. The molecule has 1 aromatic heterocycles. The Morgan fingerprint density at radius 1 is 0.850 bits per heavy atom. The number of ether oxygens (including phenoxy) is 4. The minimum absolute atomic E-state index is 0.236. The molecule has 0 radical (unpaired) electrons.